The molecular formula is C23H28N4O. The van der Waals surface area contributed by atoms with Gasteiger partial charge in [-0.1, -0.05) is 39.0 Å². The highest BCUT2D eigenvalue weighted by atomic mass is 16.2. The largest absolute Gasteiger partial charge is 0.368 e. The third-order valence-electron chi connectivity index (χ3n) is 5.39. The number of anilines is 2. The summed E-state index contributed by atoms with van der Waals surface area (Å²) in [5, 5.41) is 7.51. The minimum atomic E-state index is -0.143. The Kier molecular flexibility index (Phi) is 4.85. The lowest BCUT2D eigenvalue weighted by molar-refractivity contribution is 0.254. The van der Waals surface area contributed by atoms with E-state index in [-0.39, 0.29) is 11.4 Å². The molecule has 2 aromatic carbocycles. The number of benzene rings is 2. The van der Waals surface area contributed by atoms with Gasteiger partial charge in [0.2, 0.25) is 0 Å². The second-order valence-corrected chi connectivity index (χ2v) is 8.39. The molecule has 0 unspecified atom stereocenters. The summed E-state index contributed by atoms with van der Waals surface area (Å²) in [5.74, 6) is 0. The summed E-state index contributed by atoms with van der Waals surface area (Å²) in [4.78, 5) is 15.3. The van der Waals surface area contributed by atoms with Crippen LogP contribution in [-0.4, -0.2) is 36.8 Å². The first kappa shape index (κ1) is 18.6. The Morgan fingerprint density at radius 2 is 1.71 bits per heavy atom. The molecule has 5 heteroatoms. The predicted octanol–water partition coefficient (Wildman–Crippen LogP) is 4.43. The minimum Gasteiger partial charge on any atom is -0.368 e. The highest BCUT2D eigenvalue weighted by Gasteiger charge is 2.17. The van der Waals surface area contributed by atoms with Crippen LogP contribution in [0.2, 0.25) is 0 Å². The van der Waals surface area contributed by atoms with Gasteiger partial charge in [0.1, 0.15) is 0 Å². The van der Waals surface area contributed by atoms with Crippen molar-refractivity contribution in [3.05, 3.63) is 60.3 Å². The van der Waals surface area contributed by atoms with E-state index in [1.807, 2.05) is 36.5 Å². The first-order valence-electron chi connectivity index (χ1n) is 9.91. The van der Waals surface area contributed by atoms with Crippen LogP contribution in [0, 0.1) is 0 Å². The summed E-state index contributed by atoms with van der Waals surface area (Å²) in [6, 6.07) is 16.2. The van der Waals surface area contributed by atoms with Crippen molar-refractivity contribution >= 4 is 28.3 Å². The molecule has 0 spiro atoms. The van der Waals surface area contributed by atoms with Crippen molar-refractivity contribution in [3.63, 3.8) is 0 Å². The van der Waals surface area contributed by atoms with Crippen molar-refractivity contribution in [2.45, 2.75) is 26.2 Å². The van der Waals surface area contributed by atoms with Crippen LogP contribution in [0.3, 0.4) is 0 Å². The van der Waals surface area contributed by atoms with Gasteiger partial charge in [-0.3, -0.25) is 4.57 Å². The smallest absolute Gasteiger partial charge is 0.330 e. The van der Waals surface area contributed by atoms with Gasteiger partial charge in [0.05, 0.1) is 5.52 Å². The molecule has 2 N–H and O–H groups in total. The molecule has 146 valence electrons. The SMILES string of the molecule is CC(C)(C)c1ccc(NC(=O)n2ccc3c(N4CCNCC4)cccc32)cc1. The summed E-state index contributed by atoms with van der Waals surface area (Å²) in [6.45, 7) is 10.5. The zero-order valence-corrected chi connectivity index (χ0v) is 16.8. The molecule has 1 fully saturated rings. The molecule has 28 heavy (non-hydrogen) atoms. The van der Waals surface area contributed by atoms with Crippen LogP contribution in [-0.2, 0) is 5.41 Å². The quantitative estimate of drug-likeness (QED) is 0.696. The van der Waals surface area contributed by atoms with E-state index in [0.29, 0.717) is 0 Å². The van der Waals surface area contributed by atoms with Crippen LogP contribution in [0.1, 0.15) is 26.3 Å². The first-order chi connectivity index (χ1) is 13.4. The standard InChI is InChI=1S/C23H28N4O/c1-23(2,3)17-7-9-18(10-8-17)25-22(28)27-14-11-19-20(5-4-6-21(19)27)26-15-12-24-13-16-26/h4-11,14,24H,12-13,15-16H2,1-3H3,(H,25,28). The molecular weight excluding hydrogens is 348 g/mol. The summed E-state index contributed by atoms with van der Waals surface area (Å²) in [7, 11) is 0. The van der Waals surface area contributed by atoms with Crippen LogP contribution >= 0.6 is 0 Å². The van der Waals surface area contributed by atoms with Gasteiger partial charge in [0.15, 0.2) is 0 Å². The molecule has 1 aliphatic rings. The van der Waals surface area contributed by atoms with Crippen molar-refractivity contribution in [2.24, 2.45) is 0 Å². The Morgan fingerprint density at radius 3 is 2.39 bits per heavy atom. The maximum atomic E-state index is 12.9. The summed E-state index contributed by atoms with van der Waals surface area (Å²) < 4.78 is 1.69. The number of carbonyl (C=O) groups excluding carboxylic acids is 1. The first-order valence-corrected chi connectivity index (χ1v) is 9.91. The van der Waals surface area contributed by atoms with Crippen molar-refractivity contribution < 1.29 is 4.79 Å². The molecule has 1 aromatic heterocycles. The van der Waals surface area contributed by atoms with Gasteiger partial charge in [-0.2, -0.15) is 0 Å². The molecule has 1 amide bonds. The number of piperazine rings is 1. The van der Waals surface area contributed by atoms with E-state index in [1.165, 1.54) is 11.3 Å². The number of aromatic nitrogens is 1. The molecule has 0 atom stereocenters. The lowest BCUT2D eigenvalue weighted by Crippen LogP contribution is -2.43. The number of fused-ring (bicyclic) bond motifs is 1. The maximum absolute atomic E-state index is 12.9. The topological polar surface area (TPSA) is 49.3 Å². The van der Waals surface area contributed by atoms with E-state index in [1.54, 1.807) is 4.57 Å². The monoisotopic (exact) mass is 376 g/mol. The van der Waals surface area contributed by atoms with Crippen LogP contribution in [0.15, 0.2) is 54.7 Å². The normalized spacial score (nSPS) is 15.0. The molecule has 0 aliphatic carbocycles. The van der Waals surface area contributed by atoms with Crippen molar-refractivity contribution in [2.75, 3.05) is 36.4 Å². The number of nitrogens with one attached hydrogen (secondary N) is 2. The second-order valence-electron chi connectivity index (χ2n) is 8.39. The lowest BCUT2D eigenvalue weighted by atomic mass is 9.87. The zero-order valence-electron chi connectivity index (χ0n) is 16.8. The van der Waals surface area contributed by atoms with Gasteiger partial charge < -0.3 is 15.5 Å². The average Bonchev–Trinajstić information content (AvgIpc) is 3.13. The molecule has 0 bridgehead atoms. The molecule has 1 saturated heterocycles. The fraction of sp³-hybridized carbons (Fsp3) is 0.348. The maximum Gasteiger partial charge on any atom is 0.330 e. The number of hydrogen-bond donors (Lipinski definition) is 2. The van der Waals surface area contributed by atoms with E-state index in [0.717, 1.165) is 42.8 Å². The van der Waals surface area contributed by atoms with Gasteiger partial charge in [-0.25, -0.2) is 4.79 Å². The third-order valence-corrected chi connectivity index (χ3v) is 5.39. The van der Waals surface area contributed by atoms with Gasteiger partial charge in [-0.05, 0) is 41.3 Å². The zero-order chi connectivity index (χ0) is 19.7. The summed E-state index contributed by atoms with van der Waals surface area (Å²) in [6.07, 6.45) is 1.86. The van der Waals surface area contributed by atoms with Crippen molar-refractivity contribution in [1.82, 2.24) is 9.88 Å². The van der Waals surface area contributed by atoms with Gasteiger partial charge >= 0.3 is 6.03 Å². The lowest BCUT2D eigenvalue weighted by Gasteiger charge is -2.30. The van der Waals surface area contributed by atoms with Crippen molar-refractivity contribution in [1.29, 1.82) is 0 Å². The number of rotatable bonds is 2. The second kappa shape index (κ2) is 7.32. The molecule has 0 radical (unpaired) electrons. The highest BCUT2D eigenvalue weighted by Crippen LogP contribution is 2.28. The van der Waals surface area contributed by atoms with Crippen LogP contribution in [0.4, 0.5) is 16.2 Å². The van der Waals surface area contributed by atoms with E-state index in [2.05, 4.69) is 54.5 Å². The molecule has 5 nitrogen and oxygen atoms in total. The summed E-state index contributed by atoms with van der Waals surface area (Å²) >= 11 is 0. The summed E-state index contributed by atoms with van der Waals surface area (Å²) in [5.41, 5.74) is 4.27. The Bertz CT molecular complexity index is 976. The molecule has 4 rings (SSSR count). The van der Waals surface area contributed by atoms with E-state index < -0.39 is 0 Å². The molecule has 0 saturated carbocycles. The Morgan fingerprint density at radius 1 is 1.00 bits per heavy atom. The van der Waals surface area contributed by atoms with Gasteiger partial charge in [0.25, 0.3) is 0 Å². The highest BCUT2D eigenvalue weighted by molar-refractivity contribution is 6.02. The van der Waals surface area contributed by atoms with Crippen molar-refractivity contribution in [3.8, 4) is 0 Å². The molecule has 3 aromatic rings. The number of carbonyl (C=O) groups is 1. The average molecular weight is 377 g/mol. The van der Waals surface area contributed by atoms with Gasteiger partial charge in [-0.15, -0.1) is 0 Å². The number of hydrogen-bond acceptors (Lipinski definition) is 3. The third kappa shape index (κ3) is 3.62. The Balaban J connectivity index is 1.58. The Hall–Kier alpha value is -2.79. The fourth-order valence-corrected chi connectivity index (χ4v) is 3.75. The minimum absolute atomic E-state index is 0.0968. The van der Waals surface area contributed by atoms with E-state index >= 15 is 0 Å². The van der Waals surface area contributed by atoms with E-state index in [9.17, 15) is 4.79 Å². The van der Waals surface area contributed by atoms with E-state index in [4.69, 9.17) is 0 Å². The number of amides is 1. The molecule has 2 heterocycles. The van der Waals surface area contributed by atoms with Gasteiger partial charge in [0, 0.05) is 49.1 Å². The predicted molar refractivity (Wildman–Crippen MR) is 117 cm³/mol. The molecule has 1 aliphatic heterocycles. The van der Waals surface area contributed by atoms with Crippen LogP contribution in [0.25, 0.3) is 10.9 Å². The van der Waals surface area contributed by atoms with Crippen LogP contribution < -0.4 is 15.5 Å². The Labute approximate surface area is 166 Å². The number of nitrogens with zero attached hydrogens (tertiary/aromatic N) is 2. The fourth-order valence-electron chi connectivity index (χ4n) is 3.75. The van der Waals surface area contributed by atoms with Crippen LogP contribution in [0.5, 0.6) is 0 Å².